The number of para-hydroxylation sites is 1. The first-order chi connectivity index (χ1) is 13.6. The minimum absolute atomic E-state index is 0.00362. The summed E-state index contributed by atoms with van der Waals surface area (Å²) >= 11 is 1.47. The van der Waals surface area contributed by atoms with Gasteiger partial charge < -0.3 is 4.90 Å². The number of Topliss-reactive ketones (excluding diaryl/α,β-unsaturated/α-hetero) is 1. The highest BCUT2D eigenvalue weighted by Crippen LogP contribution is 2.17. The van der Waals surface area contributed by atoms with E-state index >= 15 is 0 Å². The SMILES string of the molecule is Cc1c(C(=O)N2CCN(CC(=O)c3cccs3)CC2)cnn1-c1ccccc1. The first-order valence-corrected chi connectivity index (χ1v) is 10.2. The van der Waals surface area contributed by atoms with E-state index in [2.05, 4.69) is 10.00 Å². The lowest BCUT2D eigenvalue weighted by molar-refractivity contribution is 0.0624. The number of carbonyl (C=O) groups is 2. The maximum Gasteiger partial charge on any atom is 0.257 e. The van der Waals surface area contributed by atoms with Crippen molar-refractivity contribution in [1.82, 2.24) is 19.6 Å². The van der Waals surface area contributed by atoms with Crippen molar-refractivity contribution in [3.8, 4) is 5.69 Å². The summed E-state index contributed by atoms with van der Waals surface area (Å²) in [6, 6.07) is 13.6. The van der Waals surface area contributed by atoms with Gasteiger partial charge in [0.15, 0.2) is 5.78 Å². The van der Waals surface area contributed by atoms with Gasteiger partial charge >= 0.3 is 0 Å². The maximum atomic E-state index is 13.0. The highest BCUT2D eigenvalue weighted by molar-refractivity contribution is 7.12. The van der Waals surface area contributed by atoms with E-state index in [9.17, 15) is 9.59 Å². The Kier molecular flexibility index (Phi) is 5.36. The summed E-state index contributed by atoms with van der Waals surface area (Å²) in [6.45, 7) is 4.97. The van der Waals surface area contributed by atoms with E-state index in [0.29, 0.717) is 38.3 Å². The molecule has 1 aliphatic heterocycles. The number of hydrogen-bond acceptors (Lipinski definition) is 5. The van der Waals surface area contributed by atoms with E-state index in [1.165, 1.54) is 11.3 Å². The number of carbonyl (C=O) groups excluding carboxylic acids is 2. The van der Waals surface area contributed by atoms with Crippen LogP contribution < -0.4 is 0 Å². The number of piperazine rings is 1. The fourth-order valence-electron chi connectivity index (χ4n) is 3.45. The standard InChI is InChI=1S/C21H22N4O2S/c1-16-18(14-22-25(16)17-6-3-2-4-7-17)21(27)24-11-9-23(10-12-24)15-19(26)20-8-5-13-28-20/h2-8,13-14H,9-12,15H2,1H3. The van der Waals surface area contributed by atoms with Crippen molar-refractivity contribution in [2.75, 3.05) is 32.7 Å². The molecule has 0 N–H and O–H groups in total. The minimum Gasteiger partial charge on any atom is -0.336 e. The molecule has 1 saturated heterocycles. The average Bonchev–Trinajstić information content (AvgIpc) is 3.39. The van der Waals surface area contributed by atoms with E-state index in [1.807, 2.05) is 59.7 Å². The van der Waals surface area contributed by atoms with Crippen LogP contribution in [0.4, 0.5) is 0 Å². The molecule has 3 aromatic rings. The zero-order valence-electron chi connectivity index (χ0n) is 15.7. The number of hydrogen-bond donors (Lipinski definition) is 0. The predicted molar refractivity (Wildman–Crippen MR) is 109 cm³/mol. The van der Waals surface area contributed by atoms with Gasteiger partial charge in [-0.3, -0.25) is 14.5 Å². The largest absolute Gasteiger partial charge is 0.336 e. The van der Waals surface area contributed by atoms with Gasteiger partial charge in [0.05, 0.1) is 34.6 Å². The van der Waals surface area contributed by atoms with E-state index in [-0.39, 0.29) is 11.7 Å². The molecule has 4 rings (SSSR count). The van der Waals surface area contributed by atoms with Crippen molar-refractivity contribution >= 4 is 23.0 Å². The Morgan fingerprint density at radius 2 is 1.79 bits per heavy atom. The summed E-state index contributed by atoms with van der Waals surface area (Å²) in [5, 5.41) is 6.32. The molecule has 0 spiro atoms. The Hall–Kier alpha value is -2.77. The molecule has 1 fully saturated rings. The summed E-state index contributed by atoms with van der Waals surface area (Å²) in [5.74, 6) is 0.152. The molecule has 1 aromatic carbocycles. The van der Waals surface area contributed by atoms with Crippen molar-refractivity contribution in [3.05, 3.63) is 70.2 Å². The number of thiophene rings is 1. The smallest absolute Gasteiger partial charge is 0.257 e. The fourth-order valence-corrected chi connectivity index (χ4v) is 4.10. The first kappa shape index (κ1) is 18.6. The fraction of sp³-hybridized carbons (Fsp3) is 0.286. The molecule has 0 aliphatic carbocycles. The molecule has 3 heterocycles. The molecular weight excluding hydrogens is 372 g/mol. The Morgan fingerprint density at radius 1 is 1.04 bits per heavy atom. The van der Waals surface area contributed by atoms with Crippen LogP contribution in [-0.2, 0) is 0 Å². The van der Waals surface area contributed by atoms with E-state index in [1.54, 1.807) is 10.9 Å². The maximum absolute atomic E-state index is 13.0. The lowest BCUT2D eigenvalue weighted by Crippen LogP contribution is -2.49. The Labute approximate surface area is 168 Å². The van der Waals surface area contributed by atoms with Gasteiger partial charge in [0.25, 0.3) is 5.91 Å². The molecule has 144 valence electrons. The van der Waals surface area contributed by atoms with Crippen molar-refractivity contribution < 1.29 is 9.59 Å². The molecular formula is C21H22N4O2S. The number of rotatable bonds is 5. The van der Waals surface area contributed by atoms with Crippen LogP contribution in [0.15, 0.2) is 54.0 Å². The third-order valence-corrected chi connectivity index (χ3v) is 5.97. The highest BCUT2D eigenvalue weighted by Gasteiger charge is 2.26. The summed E-state index contributed by atoms with van der Waals surface area (Å²) in [7, 11) is 0. The van der Waals surface area contributed by atoms with Crippen LogP contribution in [0.25, 0.3) is 5.69 Å². The Balaban J connectivity index is 1.38. The van der Waals surface area contributed by atoms with Crippen LogP contribution in [0.1, 0.15) is 25.7 Å². The van der Waals surface area contributed by atoms with Gasteiger partial charge in [-0.25, -0.2) is 4.68 Å². The monoisotopic (exact) mass is 394 g/mol. The molecule has 0 bridgehead atoms. The Bertz CT molecular complexity index is 958. The average molecular weight is 395 g/mol. The van der Waals surface area contributed by atoms with Crippen LogP contribution in [0.2, 0.25) is 0 Å². The van der Waals surface area contributed by atoms with Crippen molar-refractivity contribution in [2.45, 2.75) is 6.92 Å². The number of nitrogens with zero attached hydrogens (tertiary/aromatic N) is 4. The lowest BCUT2D eigenvalue weighted by Gasteiger charge is -2.34. The van der Waals surface area contributed by atoms with Crippen LogP contribution >= 0.6 is 11.3 Å². The zero-order chi connectivity index (χ0) is 19.5. The first-order valence-electron chi connectivity index (χ1n) is 9.32. The van der Waals surface area contributed by atoms with Gasteiger partial charge in [0.2, 0.25) is 0 Å². The number of benzene rings is 1. The second-order valence-corrected chi connectivity index (χ2v) is 7.81. The number of ketones is 1. The van der Waals surface area contributed by atoms with E-state index in [4.69, 9.17) is 0 Å². The van der Waals surface area contributed by atoms with Gasteiger partial charge in [-0.1, -0.05) is 24.3 Å². The number of amides is 1. The summed E-state index contributed by atoms with van der Waals surface area (Å²) in [4.78, 5) is 30.0. The lowest BCUT2D eigenvalue weighted by atomic mass is 10.2. The van der Waals surface area contributed by atoms with Crippen LogP contribution in [-0.4, -0.2) is 64.0 Å². The molecule has 7 heteroatoms. The van der Waals surface area contributed by atoms with E-state index < -0.39 is 0 Å². The van der Waals surface area contributed by atoms with Gasteiger partial charge in [0, 0.05) is 26.2 Å². The molecule has 6 nitrogen and oxygen atoms in total. The van der Waals surface area contributed by atoms with Gasteiger partial charge in [0.1, 0.15) is 0 Å². The number of aromatic nitrogens is 2. The minimum atomic E-state index is 0.00362. The normalized spacial score (nSPS) is 15.0. The summed E-state index contributed by atoms with van der Waals surface area (Å²) in [5.41, 5.74) is 2.41. The van der Waals surface area contributed by atoms with Gasteiger partial charge in [-0.15, -0.1) is 11.3 Å². The van der Waals surface area contributed by atoms with Crippen LogP contribution in [0.3, 0.4) is 0 Å². The van der Waals surface area contributed by atoms with Crippen LogP contribution in [0, 0.1) is 6.92 Å². The summed E-state index contributed by atoms with van der Waals surface area (Å²) < 4.78 is 1.79. The van der Waals surface area contributed by atoms with E-state index in [0.717, 1.165) is 16.3 Å². The van der Waals surface area contributed by atoms with Gasteiger partial charge in [-0.05, 0) is 30.5 Å². The third kappa shape index (κ3) is 3.76. The quantitative estimate of drug-likeness (QED) is 0.625. The van der Waals surface area contributed by atoms with Crippen molar-refractivity contribution in [2.24, 2.45) is 0 Å². The molecule has 1 amide bonds. The molecule has 0 atom stereocenters. The van der Waals surface area contributed by atoms with Crippen LogP contribution in [0.5, 0.6) is 0 Å². The second kappa shape index (κ2) is 8.08. The zero-order valence-corrected chi connectivity index (χ0v) is 16.6. The third-order valence-electron chi connectivity index (χ3n) is 5.06. The molecule has 1 aliphatic rings. The summed E-state index contributed by atoms with van der Waals surface area (Å²) in [6.07, 6.45) is 1.65. The van der Waals surface area contributed by atoms with Crippen molar-refractivity contribution in [1.29, 1.82) is 0 Å². The highest BCUT2D eigenvalue weighted by atomic mass is 32.1. The molecule has 0 saturated carbocycles. The van der Waals surface area contributed by atoms with Crippen molar-refractivity contribution in [3.63, 3.8) is 0 Å². The molecule has 0 unspecified atom stereocenters. The topological polar surface area (TPSA) is 58.4 Å². The molecule has 0 radical (unpaired) electrons. The molecule has 28 heavy (non-hydrogen) atoms. The second-order valence-electron chi connectivity index (χ2n) is 6.86. The molecule has 2 aromatic heterocycles. The predicted octanol–water partition coefficient (Wildman–Crippen LogP) is 2.88. The Morgan fingerprint density at radius 3 is 2.46 bits per heavy atom. The van der Waals surface area contributed by atoms with Gasteiger partial charge in [-0.2, -0.15) is 5.10 Å².